The minimum absolute atomic E-state index is 0.0151. The fourth-order valence-electron chi connectivity index (χ4n) is 3.10. The van der Waals surface area contributed by atoms with Gasteiger partial charge >= 0.3 is 0 Å². The highest BCUT2D eigenvalue weighted by Gasteiger charge is 2.28. The van der Waals surface area contributed by atoms with Crippen LogP contribution in [0.15, 0.2) is 41.3 Å². The van der Waals surface area contributed by atoms with Crippen LogP contribution in [0, 0.1) is 0 Å². The standard InChI is InChI=1S/C16H16Cl2N2O2S/c17-14-5-1-9(7-15(14)18)11-4-6-16(19)12-3-2-10(8-13(11)12)23(20,21)22/h1-3,5,7-8,11,16H,4,6,19H2,(H2,20,21,22). The maximum atomic E-state index is 11.7. The molecule has 7 heteroatoms. The molecule has 0 bridgehead atoms. The molecule has 0 heterocycles. The number of sulfonamides is 1. The second-order valence-electron chi connectivity index (χ2n) is 5.75. The van der Waals surface area contributed by atoms with Crippen LogP contribution >= 0.6 is 23.2 Å². The molecular formula is C16H16Cl2N2O2S. The van der Waals surface area contributed by atoms with Gasteiger partial charge in [0.2, 0.25) is 10.0 Å². The number of benzene rings is 2. The SMILES string of the molecule is NC1CCC(c2ccc(Cl)c(Cl)c2)c2cc(S(N)(=O)=O)ccc21. The minimum Gasteiger partial charge on any atom is -0.324 e. The molecule has 0 spiro atoms. The first-order chi connectivity index (χ1) is 10.8. The molecule has 2 atom stereocenters. The lowest BCUT2D eigenvalue weighted by Gasteiger charge is -2.30. The molecule has 3 rings (SSSR count). The van der Waals surface area contributed by atoms with Crippen LogP contribution in [0.2, 0.25) is 10.0 Å². The predicted molar refractivity (Wildman–Crippen MR) is 92.3 cm³/mol. The zero-order chi connectivity index (χ0) is 16.8. The van der Waals surface area contributed by atoms with Crippen LogP contribution in [0.3, 0.4) is 0 Å². The maximum absolute atomic E-state index is 11.7. The Bertz CT molecular complexity index is 868. The monoisotopic (exact) mass is 370 g/mol. The van der Waals surface area contributed by atoms with E-state index in [1.54, 1.807) is 18.2 Å². The average Bonchev–Trinajstić information content (AvgIpc) is 2.49. The highest BCUT2D eigenvalue weighted by atomic mass is 35.5. The molecular weight excluding hydrogens is 355 g/mol. The summed E-state index contributed by atoms with van der Waals surface area (Å²) in [6, 6.07) is 10.2. The van der Waals surface area contributed by atoms with E-state index in [-0.39, 0.29) is 16.9 Å². The number of hydrogen-bond acceptors (Lipinski definition) is 3. The molecule has 122 valence electrons. The van der Waals surface area contributed by atoms with Gasteiger partial charge in [0.1, 0.15) is 0 Å². The van der Waals surface area contributed by atoms with Crippen molar-refractivity contribution < 1.29 is 8.42 Å². The largest absolute Gasteiger partial charge is 0.324 e. The third kappa shape index (κ3) is 3.25. The molecule has 0 radical (unpaired) electrons. The Kier molecular flexibility index (Phi) is 4.42. The Morgan fingerprint density at radius 1 is 0.957 bits per heavy atom. The number of primary sulfonamides is 1. The summed E-state index contributed by atoms with van der Waals surface area (Å²) < 4.78 is 23.3. The van der Waals surface area contributed by atoms with E-state index in [0.717, 1.165) is 29.5 Å². The second-order valence-corrected chi connectivity index (χ2v) is 8.12. The fourth-order valence-corrected chi connectivity index (χ4v) is 3.96. The number of rotatable bonds is 2. The molecule has 1 aliphatic carbocycles. The highest BCUT2D eigenvalue weighted by Crippen LogP contribution is 2.42. The highest BCUT2D eigenvalue weighted by molar-refractivity contribution is 7.89. The van der Waals surface area contributed by atoms with Gasteiger partial charge in [-0.1, -0.05) is 35.3 Å². The Morgan fingerprint density at radius 2 is 1.70 bits per heavy atom. The van der Waals surface area contributed by atoms with Gasteiger partial charge in [0.25, 0.3) is 0 Å². The fraction of sp³-hybridized carbons (Fsp3) is 0.250. The van der Waals surface area contributed by atoms with Crippen LogP contribution in [0.4, 0.5) is 0 Å². The van der Waals surface area contributed by atoms with E-state index in [1.165, 1.54) is 6.07 Å². The lowest BCUT2D eigenvalue weighted by molar-refractivity contribution is 0.528. The summed E-state index contributed by atoms with van der Waals surface area (Å²) in [6.45, 7) is 0. The van der Waals surface area contributed by atoms with Crippen molar-refractivity contribution >= 4 is 33.2 Å². The minimum atomic E-state index is -3.76. The van der Waals surface area contributed by atoms with Crippen molar-refractivity contribution in [3.8, 4) is 0 Å². The van der Waals surface area contributed by atoms with Crippen LogP contribution in [-0.4, -0.2) is 8.42 Å². The van der Waals surface area contributed by atoms with Crippen molar-refractivity contribution in [2.24, 2.45) is 10.9 Å². The average molecular weight is 371 g/mol. The summed E-state index contributed by atoms with van der Waals surface area (Å²) in [4.78, 5) is 0.0930. The third-order valence-corrected chi connectivity index (χ3v) is 5.92. The molecule has 0 aromatic heterocycles. The summed E-state index contributed by atoms with van der Waals surface area (Å²) in [7, 11) is -3.76. The van der Waals surface area contributed by atoms with E-state index in [1.807, 2.05) is 12.1 Å². The van der Waals surface area contributed by atoms with Crippen LogP contribution in [0.5, 0.6) is 0 Å². The Labute approximate surface area is 145 Å². The molecule has 4 nitrogen and oxygen atoms in total. The molecule has 2 unspecified atom stereocenters. The van der Waals surface area contributed by atoms with Gasteiger partial charge in [-0.15, -0.1) is 0 Å². The van der Waals surface area contributed by atoms with Gasteiger partial charge < -0.3 is 5.73 Å². The number of fused-ring (bicyclic) bond motifs is 1. The predicted octanol–water partition coefficient (Wildman–Crippen LogP) is 3.57. The molecule has 23 heavy (non-hydrogen) atoms. The zero-order valence-corrected chi connectivity index (χ0v) is 14.5. The van der Waals surface area contributed by atoms with Crippen LogP contribution < -0.4 is 10.9 Å². The second kappa shape index (κ2) is 6.07. The number of nitrogens with two attached hydrogens (primary N) is 2. The van der Waals surface area contributed by atoms with Crippen molar-refractivity contribution in [2.45, 2.75) is 29.7 Å². The first-order valence-corrected chi connectivity index (χ1v) is 9.45. The van der Waals surface area contributed by atoms with E-state index in [2.05, 4.69) is 0 Å². The van der Waals surface area contributed by atoms with Crippen LogP contribution in [0.25, 0.3) is 0 Å². The van der Waals surface area contributed by atoms with Gasteiger partial charge in [-0.2, -0.15) is 0 Å². The molecule has 1 aliphatic rings. The topological polar surface area (TPSA) is 86.2 Å². The smallest absolute Gasteiger partial charge is 0.238 e. The zero-order valence-electron chi connectivity index (χ0n) is 12.2. The molecule has 2 aromatic rings. The first kappa shape index (κ1) is 16.7. The van der Waals surface area contributed by atoms with Crippen molar-refractivity contribution in [1.29, 1.82) is 0 Å². The van der Waals surface area contributed by atoms with Crippen LogP contribution in [0.1, 0.15) is 41.5 Å². The molecule has 0 saturated carbocycles. The van der Waals surface area contributed by atoms with Crippen LogP contribution in [-0.2, 0) is 10.0 Å². The first-order valence-electron chi connectivity index (χ1n) is 7.14. The normalized spacial score (nSPS) is 21.0. The Morgan fingerprint density at radius 3 is 2.35 bits per heavy atom. The van der Waals surface area contributed by atoms with Gasteiger partial charge in [0.15, 0.2) is 0 Å². The Balaban J connectivity index is 2.15. The van der Waals surface area contributed by atoms with Crippen molar-refractivity contribution in [3.63, 3.8) is 0 Å². The van der Waals surface area contributed by atoms with Gasteiger partial charge in [-0.05, 0) is 53.8 Å². The van der Waals surface area contributed by atoms with Gasteiger partial charge in [0.05, 0.1) is 14.9 Å². The quantitative estimate of drug-likeness (QED) is 0.846. The summed E-state index contributed by atoms with van der Waals surface area (Å²) in [5.41, 5.74) is 8.98. The van der Waals surface area contributed by atoms with E-state index >= 15 is 0 Å². The van der Waals surface area contributed by atoms with Crippen molar-refractivity contribution in [1.82, 2.24) is 0 Å². The lowest BCUT2D eigenvalue weighted by atomic mass is 9.77. The van der Waals surface area contributed by atoms with Gasteiger partial charge in [-0.25, -0.2) is 13.6 Å². The van der Waals surface area contributed by atoms with Crippen molar-refractivity contribution in [3.05, 3.63) is 63.1 Å². The lowest BCUT2D eigenvalue weighted by Crippen LogP contribution is -2.22. The van der Waals surface area contributed by atoms with E-state index in [0.29, 0.717) is 10.0 Å². The van der Waals surface area contributed by atoms with Crippen molar-refractivity contribution in [2.75, 3.05) is 0 Å². The maximum Gasteiger partial charge on any atom is 0.238 e. The van der Waals surface area contributed by atoms with Gasteiger partial charge in [0, 0.05) is 12.0 Å². The summed E-state index contributed by atoms with van der Waals surface area (Å²) in [5.74, 6) is 0.0151. The number of hydrogen-bond donors (Lipinski definition) is 2. The summed E-state index contributed by atoms with van der Waals surface area (Å²) in [5, 5.41) is 6.22. The molecule has 0 aliphatic heterocycles. The number of halogens is 2. The third-order valence-electron chi connectivity index (χ3n) is 4.27. The molecule has 2 aromatic carbocycles. The summed E-state index contributed by atoms with van der Waals surface area (Å²) >= 11 is 12.1. The van der Waals surface area contributed by atoms with E-state index < -0.39 is 10.0 Å². The summed E-state index contributed by atoms with van der Waals surface area (Å²) in [6.07, 6.45) is 1.62. The van der Waals surface area contributed by atoms with E-state index in [9.17, 15) is 8.42 Å². The van der Waals surface area contributed by atoms with E-state index in [4.69, 9.17) is 34.1 Å². The molecule has 0 amide bonds. The Hall–Kier alpha value is -1.11. The molecule has 4 N–H and O–H groups in total. The van der Waals surface area contributed by atoms with Gasteiger partial charge in [-0.3, -0.25) is 0 Å². The molecule has 0 fully saturated rings. The molecule has 0 saturated heterocycles.